The minimum absolute atomic E-state index is 0.0660. The quantitative estimate of drug-likeness (QED) is 0.866. The van der Waals surface area contributed by atoms with Crippen LogP contribution in [0.2, 0.25) is 0 Å². The van der Waals surface area contributed by atoms with Gasteiger partial charge in [0.2, 0.25) is 0 Å². The summed E-state index contributed by atoms with van der Waals surface area (Å²) in [6, 6.07) is 15.0. The average Bonchev–Trinajstić information content (AvgIpc) is 2.57. The molecular weight excluding hydrogens is 303 g/mol. The Morgan fingerprint density at radius 2 is 1.96 bits per heavy atom. The molecule has 0 saturated heterocycles. The molecule has 0 heterocycles. The Hall–Kier alpha value is -2.20. The van der Waals surface area contributed by atoms with Crippen molar-refractivity contribution in [1.82, 2.24) is 5.32 Å². The van der Waals surface area contributed by atoms with Crippen LogP contribution >= 0.6 is 0 Å². The van der Waals surface area contributed by atoms with Crippen LogP contribution in [0.5, 0.6) is 0 Å². The second-order valence-corrected chi connectivity index (χ2v) is 6.65. The molecule has 3 nitrogen and oxygen atoms in total. The second kappa shape index (κ2) is 7.58. The lowest BCUT2D eigenvalue weighted by Crippen LogP contribution is -3.08. The van der Waals surface area contributed by atoms with Gasteiger partial charge in [-0.1, -0.05) is 36.4 Å². The number of likely N-dealkylation sites (N-methyl/N-ethyl adjacent to an activating group) is 1. The molecule has 126 valence electrons. The molecule has 24 heavy (non-hydrogen) atoms. The Labute approximate surface area is 142 Å². The predicted molar refractivity (Wildman–Crippen MR) is 92.1 cm³/mol. The number of hydrogen-bond acceptors (Lipinski definition) is 1. The van der Waals surface area contributed by atoms with Crippen molar-refractivity contribution in [2.45, 2.75) is 31.8 Å². The van der Waals surface area contributed by atoms with E-state index in [0.29, 0.717) is 13.1 Å². The van der Waals surface area contributed by atoms with Crippen LogP contribution in [-0.4, -0.2) is 19.5 Å². The van der Waals surface area contributed by atoms with Crippen molar-refractivity contribution in [2.24, 2.45) is 0 Å². The van der Waals surface area contributed by atoms with E-state index in [1.54, 1.807) is 12.1 Å². The lowest BCUT2D eigenvalue weighted by Gasteiger charge is -2.26. The summed E-state index contributed by atoms with van der Waals surface area (Å²) in [5.74, 6) is -0.165. The first-order valence-corrected chi connectivity index (χ1v) is 8.55. The maximum atomic E-state index is 12.9. The van der Waals surface area contributed by atoms with Crippen LogP contribution in [0.1, 0.15) is 35.6 Å². The summed E-state index contributed by atoms with van der Waals surface area (Å²) in [5, 5.41) is 3.18. The van der Waals surface area contributed by atoms with Gasteiger partial charge >= 0.3 is 0 Å². The number of fused-ring (bicyclic) bond motifs is 1. The third-order valence-corrected chi connectivity index (χ3v) is 4.59. The highest BCUT2D eigenvalue weighted by Crippen LogP contribution is 2.29. The molecule has 2 aromatic carbocycles. The van der Waals surface area contributed by atoms with Gasteiger partial charge in [-0.25, -0.2) is 4.39 Å². The third-order valence-electron chi connectivity index (χ3n) is 4.59. The van der Waals surface area contributed by atoms with E-state index in [9.17, 15) is 9.18 Å². The molecule has 0 aliphatic heterocycles. The molecule has 0 aromatic heterocycles. The van der Waals surface area contributed by atoms with Gasteiger partial charge in [0.1, 0.15) is 12.4 Å². The number of benzene rings is 2. The van der Waals surface area contributed by atoms with E-state index in [-0.39, 0.29) is 17.8 Å². The first kappa shape index (κ1) is 16.7. The smallest absolute Gasteiger partial charge is 0.275 e. The normalized spacial score (nSPS) is 17.8. The van der Waals surface area contributed by atoms with Gasteiger partial charge in [0.15, 0.2) is 6.54 Å². The molecule has 1 aliphatic rings. The van der Waals surface area contributed by atoms with E-state index in [1.165, 1.54) is 23.3 Å². The number of aryl methyl sites for hydroxylation is 1. The SMILES string of the molecule is C[NH+](CC(=O)N[C@H]1CCCc2ccccc21)Cc1ccc(F)cc1. The minimum atomic E-state index is -0.231. The van der Waals surface area contributed by atoms with E-state index >= 15 is 0 Å². The number of quaternary nitrogens is 1. The van der Waals surface area contributed by atoms with E-state index in [1.807, 2.05) is 13.1 Å². The molecule has 3 rings (SSSR count). The molecule has 0 bridgehead atoms. The summed E-state index contributed by atoms with van der Waals surface area (Å²) >= 11 is 0. The number of rotatable bonds is 5. The summed E-state index contributed by atoms with van der Waals surface area (Å²) in [5.41, 5.74) is 3.64. The number of nitrogens with one attached hydrogen (secondary N) is 2. The molecule has 2 atom stereocenters. The monoisotopic (exact) mass is 327 g/mol. The fourth-order valence-corrected chi connectivity index (χ4v) is 3.44. The molecule has 0 radical (unpaired) electrons. The Morgan fingerprint density at radius 3 is 2.75 bits per heavy atom. The fraction of sp³-hybridized carbons (Fsp3) is 0.350. The summed E-state index contributed by atoms with van der Waals surface area (Å²) in [6.45, 7) is 1.12. The lowest BCUT2D eigenvalue weighted by atomic mass is 9.88. The summed E-state index contributed by atoms with van der Waals surface area (Å²) in [6.07, 6.45) is 3.21. The highest BCUT2D eigenvalue weighted by atomic mass is 19.1. The third kappa shape index (κ3) is 4.20. The van der Waals surface area contributed by atoms with Gasteiger partial charge in [0.05, 0.1) is 13.1 Å². The fourth-order valence-electron chi connectivity index (χ4n) is 3.44. The van der Waals surface area contributed by atoms with Gasteiger partial charge in [0, 0.05) is 5.56 Å². The van der Waals surface area contributed by atoms with Crippen LogP contribution in [0.4, 0.5) is 4.39 Å². The van der Waals surface area contributed by atoms with Crippen LogP contribution in [0, 0.1) is 5.82 Å². The molecule has 0 fully saturated rings. The first-order valence-electron chi connectivity index (χ1n) is 8.55. The zero-order valence-electron chi connectivity index (χ0n) is 14.0. The molecule has 0 saturated carbocycles. The summed E-state index contributed by atoms with van der Waals surface area (Å²) < 4.78 is 12.9. The highest BCUT2D eigenvalue weighted by molar-refractivity contribution is 5.77. The van der Waals surface area contributed by atoms with Crippen LogP contribution in [0.25, 0.3) is 0 Å². The van der Waals surface area contributed by atoms with Crippen molar-refractivity contribution in [3.63, 3.8) is 0 Å². The number of carbonyl (C=O) groups is 1. The lowest BCUT2D eigenvalue weighted by molar-refractivity contribution is -0.885. The molecule has 4 heteroatoms. The summed E-state index contributed by atoms with van der Waals surface area (Å²) in [7, 11) is 1.98. The minimum Gasteiger partial charge on any atom is -0.344 e. The summed E-state index contributed by atoms with van der Waals surface area (Å²) in [4.78, 5) is 13.5. The van der Waals surface area contributed by atoms with Crippen molar-refractivity contribution in [3.05, 3.63) is 71.0 Å². The van der Waals surface area contributed by atoms with Crippen LogP contribution in [0.15, 0.2) is 48.5 Å². The number of amides is 1. The topological polar surface area (TPSA) is 33.5 Å². The Kier molecular flexibility index (Phi) is 5.26. The molecule has 1 amide bonds. The van der Waals surface area contributed by atoms with Crippen LogP contribution in [0.3, 0.4) is 0 Å². The van der Waals surface area contributed by atoms with Gasteiger partial charge in [-0.05, 0) is 42.5 Å². The van der Waals surface area contributed by atoms with Crippen molar-refractivity contribution >= 4 is 5.91 Å². The van der Waals surface area contributed by atoms with Crippen molar-refractivity contribution < 1.29 is 14.1 Å². The molecule has 2 aromatic rings. The Bertz CT molecular complexity index is 699. The number of hydrogen-bond donors (Lipinski definition) is 2. The van der Waals surface area contributed by atoms with Crippen molar-refractivity contribution in [1.29, 1.82) is 0 Å². The van der Waals surface area contributed by atoms with E-state index in [4.69, 9.17) is 0 Å². The highest BCUT2D eigenvalue weighted by Gasteiger charge is 2.22. The van der Waals surface area contributed by atoms with Gasteiger partial charge in [-0.2, -0.15) is 0 Å². The molecule has 0 spiro atoms. The standard InChI is InChI=1S/C20H23FN2O/c1-23(13-15-9-11-17(21)12-10-15)14-20(24)22-19-8-4-6-16-5-2-3-7-18(16)19/h2-3,5,7,9-12,19H,4,6,8,13-14H2,1H3,(H,22,24)/p+1/t19-/m0/s1. The van der Waals surface area contributed by atoms with E-state index < -0.39 is 0 Å². The zero-order valence-corrected chi connectivity index (χ0v) is 14.0. The molecule has 2 N–H and O–H groups in total. The second-order valence-electron chi connectivity index (χ2n) is 6.65. The molecule has 1 unspecified atom stereocenters. The van der Waals surface area contributed by atoms with Gasteiger partial charge in [-0.15, -0.1) is 0 Å². The van der Waals surface area contributed by atoms with Crippen LogP contribution in [-0.2, 0) is 17.8 Å². The van der Waals surface area contributed by atoms with Crippen molar-refractivity contribution in [2.75, 3.05) is 13.6 Å². The maximum Gasteiger partial charge on any atom is 0.275 e. The van der Waals surface area contributed by atoms with E-state index in [2.05, 4.69) is 23.5 Å². The first-order chi connectivity index (χ1) is 11.6. The van der Waals surface area contributed by atoms with E-state index in [0.717, 1.165) is 29.7 Å². The predicted octanol–water partition coefficient (Wildman–Crippen LogP) is 2.03. The Morgan fingerprint density at radius 1 is 1.21 bits per heavy atom. The Balaban J connectivity index is 1.55. The number of halogens is 1. The molecule has 1 aliphatic carbocycles. The largest absolute Gasteiger partial charge is 0.344 e. The van der Waals surface area contributed by atoms with Gasteiger partial charge in [0.25, 0.3) is 5.91 Å². The zero-order chi connectivity index (χ0) is 16.9. The van der Waals surface area contributed by atoms with Gasteiger partial charge < -0.3 is 10.2 Å². The van der Waals surface area contributed by atoms with Crippen LogP contribution < -0.4 is 10.2 Å². The average molecular weight is 327 g/mol. The van der Waals surface area contributed by atoms with Gasteiger partial charge in [-0.3, -0.25) is 4.79 Å². The number of carbonyl (C=O) groups excluding carboxylic acids is 1. The molecular formula is C20H24FN2O+. The maximum absolute atomic E-state index is 12.9. The van der Waals surface area contributed by atoms with Crippen molar-refractivity contribution in [3.8, 4) is 0 Å².